The van der Waals surface area contributed by atoms with Gasteiger partial charge in [0.15, 0.2) is 0 Å². The van der Waals surface area contributed by atoms with Crippen molar-refractivity contribution in [1.82, 2.24) is 19.8 Å². The largest absolute Gasteiger partial charge is 0.462 e. The number of aromatic nitrogens is 2. The molecule has 1 spiro atoms. The van der Waals surface area contributed by atoms with Crippen molar-refractivity contribution in [2.75, 3.05) is 32.8 Å². The van der Waals surface area contributed by atoms with Crippen LogP contribution in [0.5, 0.6) is 0 Å². The summed E-state index contributed by atoms with van der Waals surface area (Å²) in [6, 6.07) is 7.59. The number of carbonyl (C=O) groups excluding carboxylic acids is 2. The fraction of sp³-hybridized carbons (Fsp3) is 0.571. The molecule has 0 aliphatic carbocycles. The monoisotopic (exact) mass is 510 g/mol. The highest BCUT2D eigenvalue weighted by molar-refractivity contribution is 5.95. The SMILES string of the molecule is Cc1cnccc1C(=O)N1CCCCC2(CCN(Cc3ccccn3)CC2)C(=O)OC[C@@H](O)[C@@H](O)CC1. The van der Waals surface area contributed by atoms with Crippen LogP contribution in [0, 0.1) is 12.3 Å². The predicted octanol–water partition coefficient (Wildman–Crippen LogP) is 2.35. The maximum absolute atomic E-state index is 13.3. The molecule has 200 valence electrons. The minimum atomic E-state index is -1.20. The van der Waals surface area contributed by atoms with Crippen LogP contribution in [0.3, 0.4) is 0 Å². The molecule has 4 heterocycles. The van der Waals surface area contributed by atoms with Crippen LogP contribution in [0.4, 0.5) is 0 Å². The van der Waals surface area contributed by atoms with E-state index in [1.165, 1.54) is 0 Å². The Balaban J connectivity index is 1.44. The van der Waals surface area contributed by atoms with Gasteiger partial charge in [-0.25, -0.2) is 0 Å². The summed E-state index contributed by atoms with van der Waals surface area (Å²) in [4.78, 5) is 39.1. The molecule has 2 aromatic rings. The van der Waals surface area contributed by atoms with Crippen molar-refractivity contribution in [2.45, 2.75) is 64.2 Å². The zero-order valence-corrected chi connectivity index (χ0v) is 21.6. The van der Waals surface area contributed by atoms with Gasteiger partial charge in [0, 0.05) is 43.8 Å². The van der Waals surface area contributed by atoms with Gasteiger partial charge >= 0.3 is 5.97 Å². The van der Waals surface area contributed by atoms with E-state index >= 15 is 0 Å². The van der Waals surface area contributed by atoms with E-state index in [1.54, 1.807) is 29.6 Å². The van der Waals surface area contributed by atoms with E-state index in [0.717, 1.165) is 43.7 Å². The molecule has 0 bridgehead atoms. The highest BCUT2D eigenvalue weighted by atomic mass is 16.5. The van der Waals surface area contributed by atoms with E-state index in [4.69, 9.17) is 4.74 Å². The quantitative estimate of drug-likeness (QED) is 0.605. The second-order valence-corrected chi connectivity index (χ2v) is 10.3. The molecule has 0 radical (unpaired) electrons. The first kappa shape index (κ1) is 27.2. The van der Waals surface area contributed by atoms with Gasteiger partial charge in [0.25, 0.3) is 5.91 Å². The van der Waals surface area contributed by atoms with Crippen molar-refractivity contribution in [3.05, 3.63) is 59.7 Å². The molecular formula is C28H38N4O5. The molecule has 2 fully saturated rings. The van der Waals surface area contributed by atoms with Crippen LogP contribution < -0.4 is 0 Å². The topological polar surface area (TPSA) is 116 Å². The Labute approximate surface area is 218 Å². The van der Waals surface area contributed by atoms with Crippen molar-refractivity contribution in [2.24, 2.45) is 5.41 Å². The van der Waals surface area contributed by atoms with E-state index in [2.05, 4.69) is 14.9 Å². The molecular weight excluding hydrogens is 472 g/mol. The van der Waals surface area contributed by atoms with Crippen LogP contribution in [-0.4, -0.2) is 86.9 Å². The van der Waals surface area contributed by atoms with E-state index in [1.807, 2.05) is 25.1 Å². The predicted molar refractivity (Wildman–Crippen MR) is 137 cm³/mol. The summed E-state index contributed by atoms with van der Waals surface area (Å²) in [5, 5.41) is 21.0. The summed E-state index contributed by atoms with van der Waals surface area (Å²) in [5.74, 6) is -0.405. The molecule has 37 heavy (non-hydrogen) atoms. The molecule has 9 nitrogen and oxygen atoms in total. The van der Waals surface area contributed by atoms with Crippen molar-refractivity contribution < 1.29 is 24.5 Å². The van der Waals surface area contributed by atoms with Gasteiger partial charge in [-0.15, -0.1) is 0 Å². The van der Waals surface area contributed by atoms with Gasteiger partial charge in [-0.3, -0.25) is 24.5 Å². The van der Waals surface area contributed by atoms with Crippen LogP contribution in [0.1, 0.15) is 60.1 Å². The van der Waals surface area contributed by atoms with Crippen molar-refractivity contribution in [3.63, 3.8) is 0 Å². The number of hydrogen-bond donors (Lipinski definition) is 2. The highest BCUT2D eigenvalue weighted by Gasteiger charge is 2.42. The molecule has 2 N–H and O–H groups in total. The van der Waals surface area contributed by atoms with Crippen molar-refractivity contribution in [1.29, 1.82) is 0 Å². The van der Waals surface area contributed by atoms with Crippen molar-refractivity contribution in [3.8, 4) is 0 Å². The lowest BCUT2D eigenvalue weighted by molar-refractivity contribution is -0.165. The molecule has 2 atom stereocenters. The molecule has 2 saturated heterocycles. The van der Waals surface area contributed by atoms with E-state index < -0.39 is 17.6 Å². The van der Waals surface area contributed by atoms with Crippen LogP contribution in [0.2, 0.25) is 0 Å². The number of cyclic esters (lactones) is 1. The van der Waals surface area contributed by atoms with Gasteiger partial charge in [0.1, 0.15) is 12.7 Å². The first-order chi connectivity index (χ1) is 17.9. The molecule has 4 rings (SSSR count). The molecule has 9 heteroatoms. The lowest BCUT2D eigenvalue weighted by atomic mass is 9.74. The number of aryl methyl sites for hydroxylation is 1. The number of aliphatic hydroxyl groups is 2. The number of aliphatic hydroxyl groups excluding tert-OH is 2. The maximum atomic E-state index is 13.3. The number of likely N-dealkylation sites (tertiary alicyclic amines) is 1. The highest BCUT2D eigenvalue weighted by Crippen LogP contribution is 2.38. The average Bonchev–Trinajstić information content (AvgIpc) is 2.92. The molecule has 0 saturated carbocycles. The third-order valence-electron chi connectivity index (χ3n) is 7.75. The number of ether oxygens (including phenoxy) is 1. The Kier molecular flexibility index (Phi) is 9.23. The molecule has 0 unspecified atom stereocenters. The Morgan fingerprint density at radius 2 is 1.86 bits per heavy atom. The van der Waals surface area contributed by atoms with Gasteiger partial charge in [-0.1, -0.05) is 12.5 Å². The first-order valence-electron chi connectivity index (χ1n) is 13.2. The summed E-state index contributed by atoms with van der Waals surface area (Å²) >= 11 is 0. The summed E-state index contributed by atoms with van der Waals surface area (Å²) in [6.07, 6.45) is 6.46. The maximum Gasteiger partial charge on any atom is 0.312 e. The third kappa shape index (κ3) is 6.91. The number of nitrogens with zero attached hydrogens (tertiary/aromatic N) is 4. The summed E-state index contributed by atoms with van der Waals surface area (Å²) in [7, 11) is 0. The second-order valence-electron chi connectivity index (χ2n) is 10.3. The number of carbonyl (C=O) groups is 2. The number of esters is 1. The normalized spacial score (nSPS) is 24.0. The summed E-state index contributed by atoms with van der Waals surface area (Å²) in [5.41, 5.74) is 1.76. The summed E-state index contributed by atoms with van der Waals surface area (Å²) in [6.45, 7) is 4.66. The minimum Gasteiger partial charge on any atom is -0.462 e. The first-order valence-corrected chi connectivity index (χ1v) is 13.2. The van der Waals surface area contributed by atoms with E-state index in [9.17, 15) is 19.8 Å². The van der Waals surface area contributed by atoms with Gasteiger partial charge in [0.05, 0.1) is 17.2 Å². The van der Waals surface area contributed by atoms with Crippen LogP contribution in [0.25, 0.3) is 0 Å². The number of rotatable bonds is 3. The van der Waals surface area contributed by atoms with Crippen molar-refractivity contribution >= 4 is 11.9 Å². The Hall–Kier alpha value is -2.88. The fourth-order valence-electron chi connectivity index (χ4n) is 5.29. The number of piperidine rings is 1. The fourth-order valence-corrected chi connectivity index (χ4v) is 5.29. The zero-order chi connectivity index (χ0) is 26.3. The molecule has 1 amide bonds. The smallest absolute Gasteiger partial charge is 0.312 e. The standard InChI is InChI=1S/C28H38N4O5/c1-21-18-29-13-7-23(21)26(35)32-14-5-3-9-28(27(36)37-20-25(34)24(33)8-15-32)10-16-31(17-11-28)19-22-6-2-4-12-30-22/h2,4,6-7,12-13,18,24-25,33-34H,3,5,8-11,14-17,19-20H2,1H3/t24-,25+/m0/s1. The lowest BCUT2D eigenvalue weighted by Gasteiger charge is -2.40. The van der Waals surface area contributed by atoms with Crippen LogP contribution in [-0.2, 0) is 16.1 Å². The van der Waals surface area contributed by atoms with E-state index in [-0.39, 0.29) is 24.9 Å². The van der Waals surface area contributed by atoms with Gasteiger partial charge < -0.3 is 19.8 Å². The molecule has 2 aromatic heterocycles. The third-order valence-corrected chi connectivity index (χ3v) is 7.75. The molecule has 2 aliphatic heterocycles. The number of hydrogen-bond acceptors (Lipinski definition) is 8. The Morgan fingerprint density at radius 1 is 1.05 bits per heavy atom. The number of pyridine rings is 2. The van der Waals surface area contributed by atoms with E-state index in [0.29, 0.717) is 37.9 Å². The zero-order valence-electron chi connectivity index (χ0n) is 21.6. The lowest BCUT2D eigenvalue weighted by Crippen LogP contribution is -2.46. The Bertz CT molecular complexity index is 1040. The average molecular weight is 511 g/mol. The van der Waals surface area contributed by atoms with Gasteiger partial charge in [0.2, 0.25) is 0 Å². The Morgan fingerprint density at radius 3 is 2.59 bits per heavy atom. The minimum absolute atomic E-state index is 0.110. The second kappa shape index (κ2) is 12.6. The molecule has 0 aromatic carbocycles. The summed E-state index contributed by atoms with van der Waals surface area (Å²) < 4.78 is 5.58. The van der Waals surface area contributed by atoms with Crippen LogP contribution in [0.15, 0.2) is 42.9 Å². The number of amides is 1. The van der Waals surface area contributed by atoms with Gasteiger partial charge in [-0.05, 0) is 75.9 Å². The molecule has 2 aliphatic rings. The van der Waals surface area contributed by atoms with Crippen LogP contribution >= 0.6 is 0 Å². The van der Waals surface area contributed by atoms with Gasteiger partial charge in [-0.2, -0.15) is 0 Å².